The Hall–Kier alpha value is -3.62. The minimum Gasteiger partial charge on any atom is -0.496 e. The lowest BCUT2D eigenvalue weighted by Gasteiger charge is -2.11. The van der Waals surface area contributed by atoms with Gasteiger partial charge in [-0.3, -0.25) is 14.9 Å². The zero-order chi connectivity index (χ0) is 19.1. The van der Waals surface area contributed by atoms with Crippen molar-refractivity contribution in [1.29, 1.82) is 0 Å². The van der Waals surface area contributed by atoms with E-state index >= 15 is 0 Å². The number of benzene rings is 2. The number of carbonyl (C=O) groups excluding carboxylic acids is 2. The molecular formula is C17H16N2O7. The van der Waals surface area contributed by atoms with Crippen LogP contribution < -0.4 is 14.8 Å². The number of hydrogen-bond acceptors (Lipinski definition) is 7. The standard InChI is InChI=1S/C17H16N2O7/c1-24-11-7-8-13(14(9-11)19(22)23)18-16(20)10-26-15-6-4-3-5-12(15)17(21)25-2/h3-9H,10H2,1-2H3,(H,18,20). The molecule has 0 saturated carbocycles. The van der Waals surface area contributed by atoms with Crippen LogP contribution in [-0.4, -0.2) is 37.6 Å². The molecule has 1 N–H and O–H groups in total. The summed E-state index contributed by atoms with van der Waals surface area (Å²) in [6.45, 7) is -0.447. The molecule has 1 amide bonds. The average molecular weight is 360 g/mol. The smallest absolute Gasteiger partial charge is 0.341 e. The van der Waals surface area contributed by atoms with Crippen molar-refractivity contribution in [2.45, 2.75) is 0 Å². The zero-order valence-corrected chi connectivity index (χ0v) is 14.1. The van der Waals surface area contributed by atoms with E-state index in [-0.39, 0.29) is 28.4 Å². The maximum atomic E-state index is 12.1. The SMILES string of the molecule is COC(=O)c1ccccc1OCC(=O)Nc1ccc(OC)cc1[N+](=O)[O-]. The van der Waals surface area contributed by atoms with Crippen LogP contribution in [0.1, 0.15) is 10.4 Å². The largest absolute Gasteiger partial charge is 0.496 e. The Morgan fingerprint density at radius 3 is 2.54 bits per heavy atom. The monoisotopic (exact) mass is 360 g/mol. The maximum Gasteiger partial charge on any atom is 0.341 e. The van der Waals surface area contributed by atoms with Crippen molar-refractivity contribution < 1.29 is 28.7 Å². The summed E-state index contributed by atoms with van der Waals surface area (Å²) in [6.07, 6.45) is 0. The van der Waals surface area contributed by atoms with Crippen LogP contribution in [-0.2, 0) is 9.53 Å². The summed E-state index contributed by atoms with van der Waals surface area (Å²) in [7, 11) is 2.61. The molecule has 0 unspecified atom stereocenters. The van der Waals surface area contributed by atoms with E-state index in [1.54, 1.807) is 12.1 Å². The number of amides is 1. The summed E-state index contributed by atoms with van der Waals surface area (Å²) < 4.78 is 14.9. The first-order valence-electron chi connectivity index (χ1n) is 7.38. The summed E-state index contributed by atoms with van der Waals surface area (Å²) in [5.74, 6) is -0.776. The third kappa shape index (κ3) is 4.47. The second-order valence-corrected chi connectivity index (χ2v) is 4.96. The first-order valence-corrected chi connectivity index (χ1v) is 7.38. The highest BCUT2D eigenvalue weighted by molar-refractivity contribution is 5.95. The van der Waals surface area contributed by atoms with Crippen LogP contribution >= 0.6 is 0 Å². The summed E-state index contributed by atoms with van der Waals surface area (Å²) in [5.41, 5.74) is -0.142. The molecule has 9 nitrogen and oxygen atoms in total. The van der Waals surface area contributed by atoms with Gasteiger partial charge in [-0.05, 0) is 24.3 Å². The zero-order valence-electron chi connectivity index (χ0n) is 14.1. The second kappa shape index (κ2) is 8.47. The van der Waals surface area contributed by atoms with Crippen LogP contribution in [0.4, 0.5) is 11.4 Å². The summed E-state index contributed by atoms with van der Waals surface area (Å²) in [4.78, 5) is 34.2. The number of anilines is 1. The number of hydrogen-bond donors (Lipinski definition) is 1. The van der Waals surface area contributed by atoms with Crippen LogP contribution in [0.25, 0.3) is 0 Å². The number of esters is 1. The summed E-state index contributed by atoms with van der Waals surface area (Å²) in [6, 6.07) is 10.3. The van der Waals surface area contributed by atoms with E-state index in [9.17, 15) is 19.7 Å². The number of para-hydroxylation sites is 1. The number of methoxy groups -OCH3 is 2. The van der Waals surface area contributed by atoms with Crippen molar-refractivity contribution in [2.75, 3.05) is 26.1 Å². The van der Waals surface area contributed by atoms with Crippen molar-refractivity contribution in [1.82, 2.24) is 0 Å². The highest BCUT2D eigenvalue weighted by Gasteiger charge is 2.18. The molecule has 0 fully saturated rings. The molecule has 0 aromatic heterocycles. The molecule has 0 aliphatic rings. The van der Waals surface area contributed by atoms with Crippen LogP contribution in [0.2, 0.25) is 0 Å². The fraction of sp³-hybridized carbons (Fsp3) is 0.176. The van der Waals surface area contributed by atoms with Crippen molar-refractivity contribution >= 4 is 23.3 Å². The Labute approximate surface area is 148 Å². The third-order valence-corrected chi connectivity index (χ3v) is 3.33. The number of nitrogens with one attached hydrogen (secondary N) is 1. The second-order valence-electron chi connectivity index (χ2n) is 4.96. The molecule has 0 atom stereocenters. The number of nitro groups is 1. The van der Waals surface area contributed by atoms with Crippen molar-refractivity contribution in [3.05, 3.63) is 58.1 Å². The van der Waals surface area contributed by atoms with Crippen LogP contribution in [0.5, 0.6) is 11.5 Å². The molecule has 0 bridgehead atoms. The molecule has 9 heteroatoms. The van der Waals surface area contributed by atoms with Crippen molar-refractivity contribution in [3.63, 3.8) is 0 Å². The number of nitro benzene ring substituents is 1. The fourth-order valence-electron chi connectivity index (χ4n) is 2.10. The van der Waals surface area contributed by atoms with Gasteiger partial charge in [0.15, 0.2) is 6.61 Å². The Morgan fingerprint density at radius 1 is 1.15 bits per heavy atom. The van der Waals surface area contributed by atoms with E-state index in [1.165, 1.54) is 44.6 Å². The van der Waals surface area contributed by atoms with E-state index in [1.807, 2.05) is 0 Å². The molecular weight excluding hydrogens is 344 g/mol. The van der Waals surface area contributed by atoms with Gasteiger partial charge >= 0.3 is 5.97 Å². The molecule has 0 aliphatic heterocycles. The number of nitrogens with zero attached hydrogens (tertiary/aromatic N) is 1. The Morgan fingerprint density at radius 2 is 1.88 bits per heavy atom. The number of rotatable bonds is 7. The van der Waals surface area contributed by atoms with Gasteiger partial charge in [0.1, 0.15) is 22.7 Å². The quantitative estimate of drug-likeness (QED) is 0.458. The van der Waals surface area contributed by atoms with Crippen LogP contribution in [0.15, 0.2) is 42.5 Å². The molecule has 0 spiro atoms. The van der Waals surface area contributed by atoms with Gasteiger partial charge in [0.2, 0.25) is 0 Å². The lowest BCUT2D eigenvalue weighted by molar-refractivity contribution is -0.384. The predicted octanol–water partition coefficient (Wildman–Crippen LogP) is 2.41. The molecule has 2 rings (SSSR count). The van der Waals surface area contributed by atoms with Crippen LogP contribution in [0, 0.1) is 10.1 Å². The molecule has 2 aromatic rings. The fourth-order valence-corrected chi connectivity index (χ4v) is 2.10. The van der Waals surface area contributed by atoms with Crippen molar-refractivity contribution in [3.8, 4) is 11.5 Å². The first-order chi connectivity index (χ1) is 12.5. The normalized spacial score (nSPS) is 9.92. The molecule has 136 valence electrons. The highest BCUT2D eigenvalue weighted by Crippen LogP contribution is 2.29. The molecule has 0 heterocycles. The number of carbonyl (C=O) groups is 2. The average Bonchev–Trinajstić information content (AvgIpc) is 2.66. The van der Waals surface area contributed by atoms with E-state index in [2.05, 4.69) is 10.1 Å². The first kappa shape index (κ1) is 18.7. The van der Waals surface area contributed by atoms with Gasteiger partial charge in [-0.25, -0.2) is 4.79 Å². The maximum absolute atomic E-state index is 12.1. The summed E-state index contributed by atoms with van der Waals surface area (Å²) in [5, 5.41) is 13.5. The lowest BCUT2D eigenvalue weighted by Crippen LogP contribution is -2.21. The Kier molecular flexibility index (Phi) is 6.10. The van der Waals surface area contributed by atoms with E-state index in [0.717, 1.165) is 0 Å². The molecule has 2 aromatic carbocycles. The lowest BCUT2D eigenvalue weighted by atomic mass is 10.2. The minimum atomic E-state index is -0.633. The van der Waals surface area contributed by atoms with Crippen LogP contribution in [0.3, 0.4) is 0 Å². The summed E-state index contributed by atoms with van der Waals surface area (Å²) >= 11 is 0. The topological polar surface area (TPSA) is 117 Å². The molecule has 0 aliphatic carbocycles. The van der Waals surface area contributed by atoms with E-state index < -0.39 is 23.4 Å². The van der Waals surface area contributed by atoms with Gasteiger partial charge in [-0.1, -0.05) is 12.1 Å². The minimum absolute atomic E-state index is 0.00523. The van der Waals surface area contributed by atoms with Gasteiger partial charge < -0.3 is 19.5 Å². The van der Waals surface area contributed by atoms with Gasteiger partial charge in [0, 0.05) is 0 Å². The van der Waals surface area contributed by atoms with Gasteiger partial charge in [-0.15, -0.1) is 0 Å². The molecule has 26 heavy (non-hydrogen) atoms. The van der Waals surface area contributed by atoms with E-state index in [4.69, 9.17) is 9.47 Å². The van der Waals surface area contributed by atoms with Gasteiger partial charge in [0.25, 0.3) is 11.6 Å². The van der Waals surface area contributed by atoms with Crippen molar-refractivity contribution in [2.24, 2.45) is 0 Å². The number of ether oxygens (including phenoxy) is 3. The molecule has 0 radical (unpaired) electrons. The molecule has 0 saturated heterocycles. The third-order valence-electron chi connectivity index (χ3n) is 3.33. The van der Waals surface area contributed by atoms with E-state index in [0.29, 0.717) is 0 Å². The Bertz CT molecular complexity index is 836. The Balaban J connectivity index is 2.09. The van der Waals surface area contributed by atoms with Gasteiger partial charge in [-0.2, -0.15) is 0 Å². The van der Waals surface area contributed by atoms with Gasteiger partial charge in [0.05, 0.1) is 25.2 Å². The highest BCUT2D eigenvalue weighted by atomic mass is 16.6. The predicted molar refractivity (Wildman–Crippen MR) is 91.6 cm³/mol.